The monoisotopic (exact) mass is 288 g/mol. The lowest BCUT2D eigenvalue weighted by molar-refractivity contribution is 0.218. The molecule has 0 aromatic heterocycles. The van der Waals surface area contributed by atoms with E-state index in [2.05, 4.69) is 28.4 Å². The van der Waals surface area contributed by atoms with Gasteiger partial charge in [-0.05, 0) is 69.4 Å². The second kappa shape index (κ2) is 7.28. The van der Waals surface area contributed by atoms with Crippen molar-refractivity contribution in [3.05, 3.63) is 29.3 Å². The molecule has 0 saturated carbocycles. The van der Waals surface area contributed by atoms with Gasteiger partial charge in [-0.25, -0.2) is 0 Å². The topological polar surface area (TPSA) is 24.5 Å². The average molecular weight is 288 g/mol. The molecule has 0 radical (unpaired) electrons. The summed E-state index contributed by atoms with van der Waals surface area (Å²) in [6, 6.07) is 6.86. The molecule has 21 heavy (non-hydrogen) atoms. The molecule has 1 aromatic rings. The molecular formula is C18H28N2O. The summed E-state index contributed by atoms with van der Waals surface area (Å²) in [4.78, 5) is 2.58. The maximum Gasteiger partial charge on any atom is 0.123 e. The predicted octanol–water partition coefficient (Wildman–Crippen LogP) is 3.15. The number of ether oxygens (including phenoxy) is 1. The molecule has 2 fully saturated rings. The minimum absolute atomic E-state index is 0.720. The third kappa shape index (κ3) is 3.78. The molecule has 0 atom stereocenters. The third-order valence-electron chi connectivity index (χ3n) is 4.96. The van der Waals surface area contributed by atoms with Crippen LogP contribution in [0.5, 0.6) is 5.75 Å². The summed E-state index contributed by atoms with van der Waals surface area (Å²) in [5.74, 6) is 1.77. The van der Waals surface area contributed by atoms with E-state index >= 15 is 0 Å². The Hall–Kier alpha value is -1.06. The number of rotatable bonds is 4. The van der Waals surface area contributed by atoms with Crippen LogP contribution < -0.4 is 10.1 Å². The molecule has 0 unspecified atom stereocenters. The molecule has 2 saturated heterocycles. The van der Waals surface area contributed by atoms with Crippen LogP contribution in [0.15, 0.2) is 18.2 Å². The predicted molar refractivity (Wildman–Crippen MR) is 87.0 cm³/mol. The van der Waals surface area contributed by atoms with Crippen molar-refractivity contribution in [2.75, 3.05) is 33.3 Å². The SMILES string of the molecule is COc1ccc(C2CCNCC2)cc1CN1CCCCC1. The molecule has 1 N–H and O–H groups in total. The fraction of sp³-hybridized carbons (Fsp3) is 0.667. The fourth-order valence-electron chi connectivity index (χ4n) is 3.69. The smallest absolute Gasteiger partial charge is 0.123 e. The van der Waals surface area contributed by atoms with E-state index in [-0.39, 0.29) is 0 Å². The molecule has 3 heteroatoms. The minimum Gasteiger partial charge on any atom is -0.496 e. The number of nitrogens with zero attached hydrogens (tertiary/aromatic N) is 1. The van der Waals surface area contributed by atoms with Gasteiger partial charge in [0.1, 0.15) is 5.75 Å². The van der Waals surface area contributed by atoms with Crippen LogP contribution in [-0.2, 0) is 6.54 Å². The van der Waals surface area contributed by atoms with Crippen LogP contribution in [0.2, 0.25) is 0 Å². The van der Waals surface area contributed by atoms with Crippen molar-refractivity contribution in [2.45, 2.75) is 44.6 Å². The summed E-state index contributed by atoms with van der Waals surface area (Å²) in [6.07, 6.45) is 6.60. The largest absolute Gasteiger partial charge is 0.496 e. The van der Waals surface area contributed by atoms with E-state index in [1.54, 1.807) is 7.11 Å². The van der Waals surface area contributed by atoms with E-state index in [0.717, 1.165) is 31.3 Å². The van der Waals surface area contributed by atoms with Crippen molar-refractivity contribution in [1.29, 1.82) is 0 Å². The van der Waals surface area contributed by atoms with Gasteiger partial charge >= 0.3 is 0 Å². The zero-order valence-electron chi connectivity index (χ0n) is 13.2. The number of benzene rings is 1. The lowest BCUT2D eigenvalue weighted by Crippen LogP contribution is -2.29. The second-order valence-electron chi connectivity index (χ2n) is 6.43. The van der Waals surface area contributed by atoms with Gasteiger partial charge in [-0.1, -0.05) is 18.6 Å². The molecule has 3 nitrogen and oxygen atoms in total. The fourth-order valence-corrected chi connectivity index (χ4v) is 3.69. The van der Waals surface area contributed by atoms with E-state index in [1.807, 2.05) is 0 Å². The van der Waals surface area contributed by atoms with Crippen molar-refractivity contribution in [2.24, 2.45) is 0 Å². The summed E-state index contributed by atoms with van der Waals surface area (Å²) < 4.78 is 5.59. The summed E-state index contributed by atoms with van der Waals surface area (Å²) in [5, 5.41) is 3.45. The Labute approximate surface area is 128 Å². The first-order chi connectivity index (χ1) is 10.4. The van der Waals surface area contributed by atoms with Gasteiger partial charge in [0.05, 0.1) is 7.11 Å². The van der Waals surface area contributed by atoms with Crippen molar-refractivity contribution >= 4 is 0 Å². The van der Waals surface area contributed by atoms with Crippen LogP contribution in [0.4, 0.5) is 0 Å². The zero-order chi connectivity index (χ0) is 14.5. The highest BCUT2D eigenvalue weighted by Crippen LogP contribution is 2.30. The number of nitrogens with one attached hydrogen (secondary N) is 1. The van der Waals surface area contributed by atoms with Crippen LogP contribution in [0.3, 0.4) is 0 Å². The lowest BCUT2D eigenvalue weighted by Gasteiger charge is -2.28. The summed E-state index contributed by atoms with van der Waals surface area (Å²) in [5.41, 5.74) is 2.87. The molecule has 0 spiro atoms. The Morgan fingerprint density at radius 2 is 1.90 bits per heavy atom. The zero-order valence-corrected chi connectivity index (χ0v) is 13.2. The molecule has 0 amide bonds. The highest BCUT2D eigenvalue weighted by atomic mass is 16.5. The van der Waals surface area contributed by atoms with Gasteiger partial charge in [-0.15, -0.1) is 0 Å². The second-order valence-corrected chi connectivity index (χ2v) is 6.43. The lowest BCUT2D eigenvalue weighted by atomic mass is 9.89. The van der Waals surface area contributed by atoms with Gasteiger partial charge in [0.25, 0.3) is 0 Å². The van der Waals surface area contributed by atoms with Crippen molar-refractivity contribution in [1.82, 2.24) is 10.2 Å². The van der Waals surface area contributed by atoms with Crippen molar-refractivity contribution in [3.63, 3.8) is 0 Å². The van der Waals surface area contributed by atoms with Crippen LogP contribution in [0.25, 0.3) is 0 Å². The van der Waals surface area contributed by atoms with Gasteiger partial charge in [-0.3, -0.25) is 4.90 Å². The van der Waals surface area contributed by atoms with Gasteiger partial charge < -0.3 is 10.1 Å². The first-order valence-electron chi connectivity index (χ1n) is 8.46. The maximum absolute atomic E-state index is 5.59. The molecular weight excluding hydrogens is 260 g/mol. The molecule has 116 valence electrons. The standard InChI is InChI=1S/C18H28N2O/c1-21-18-6-5-16(15-7-9-19-10-8-15)13-17(18)14-20-11-3-2-4-12-20/h5-6,13,15,19H,2-4,7-12,14H2,1H3. The molecule has 3 rings (SSSR count). The van der Waals surface area contributed by atoms with Crippen LogP contribution in [-0.4, -0.2) is 38.2 Å². The van der Waals surface area contributed by atoms with E-state index in [4.69, 9.17) is 4.74 Å². The quantitative estimate of drug-likeness (QED) is 0.921. The average Bonchev–Trinajstić information content (AvgIpc) is 2.56. The Kier molecular flexibility index (Phi) is 5.15. The first-order valence-corrected chi connectivity index (χ1v) is 8.46. The van der Waals surface area contributed by atoms with Gasteiger partial charge in [-0.2, -0.15) is 0 Å². The minimum atomic E-state index is 0.720. The van der Waals surface area contributed by atoms with E-state index < -0.39 is 0 Å². The number of piperidine rings is 2. The Balaban J connectivity index is 1.75. The molecule has 2 heterocycles. The summed E-state index contributed by atoms with van der Waals surface area (Å²) in [6.45, 7) is 5.82. The first kappa shape index (κ1) is 14.9. The number of hydrogen-bond donors (Lipinski definition) is 1. The summed E-state index contributed by atoms with van der Waals surface area (Å²) in [7, 11) is 1.79. The molecule has 1 aromatic carbocycles. The highest BCUT2D eigenvalue weighted by Gasteiger charge is 2.18. The van der Waals surface area contributed by atoms with Crippen molar-refractivity contribution in [3.8, 4) is 5.75 Å². The molecule has 2 aliphatic heterocycles. The van der Waals surface area contributed by atoms with Gasteiger partial charge in [0.15, 0.2) is 0 Å². The number of methoxy groups -OCH3 is 1. The molecule has 0 bridgehead atoms. The van der Waals surface area contributed by atoms with E-state index in [0.29, 0.717) is 0 Å². The van der Waals surface area contributed by atoms with E-state index in [1.165, 1.54) is 56.3 Å². The number of likely N-dealkylation sites (tertiary alicyclic amines) is 1. The Bertz CT molecular complexity index is 449. The summed E-state index contributed by atoms with van der Waals surface area (Å²) >= 11 is 0. The normalized spacial score (nSPS) is 21.4. The number of hydrogen-bond acceptors (Lipinski definition) is 3. The van der Waals surface area contributed by atoms with Crippen LogP contribution >= 0.6 is 0 Å². The van der Waals surface area contributed by atoms with Gasteiger partial charge in [0, 0.05) is 12.1 Å². The van der Waals surface area contributed by atoms with Crippen LogP contribution in [0.1, 0.15) is 49.1 Å². The third-order valence-corrected chi connectivity index (χ3v) is 4.96. The van der Waals surface area contributed by atoms with Gasteiger partial charge in [0.2, 0.25) is 0 Å². The molecule has 2 aliphatic rings. The maximum atomic E-state index is 5.59. The van der Waals surface area contributed by atoms with E-state index in [9.17, 15) is 0 Å². The Morgan fingerprint density at radius 3 is 2.62 bits per heavy atom. The van der Waals surface area contributed by atoms with Crippen molar-refractivity contribution < 1.29 is 4.74 Å². The highest BCUT2D eigenvalue weighted by molar-refractivity contribution is 5.39. The van der Waals surface area contributed by atoms with Crippen LogP contribution in [0, 0.1) is 0 Å². The Morgan fingerprint density at radius 1 is 1.14 bits per heavy atom. The molecule has 0 aliphatic carbocycles.